The molecule has 2 aromatic carbocycles. The highest BCUT2D eigenvalue weighted by Crippen LogP contribution is 2.24. The number of aryl methyl sites for hydroxylation is 1. The number of rotatable bonds is 8. The first-order valence-corrected chi connectivity index (χ1v) is 9.44. The molecule has 0 aliphatic heterocycles. The third-order valence-corrected chi connectivity index (χ3v) is 5.35. The number of amides is 1. The van der Waals surface area contributed by atoms with Crippen LogP contribution in [0.2, 0.25) is 0 Å². The minimum absolute atomic E-state index is 0.0898. The van der Waals surface area contributed by atoms with Crippen LogP contribution in [0.5, 0.6) is 0 Å². The van der Waals surface area contributed by atoms with Gasteiger partial charge in [-0.2, -0.15) is 0 Å². The summed E-state index contributed by atoms with van der Waals surface area (Å²) in [7, 11) is 1.42. The highest BCUT2D eigenvalue weighted by atomic mass is 16.3. The topological polar surface area (TPSA) is 74.7 Å². The first-order valence-electron chi connectivity index (χ1n) is 9.44. The molecule has 1 amide bonds. The zero-order chi connectivity index (χ0) is 20.9. The average molecular weight is 381 g/mol. The molecule has 0 aromatic heterocycles. The standard InChI is InChI=1S/C23H27NO4/c1-5-16-7-9-17(10-8-16)18-11-13-19(14-12-18)22(28)24(4)23(3,20(26)6-2)21(27)15-25/h7-14,25H,5-6,15H2,1-4H3/t23-/m0/s1. The number of carbonyl (C=O) groups is 3. The van der Waals surface area contributed by atoms with E-state index in [0.29, 0.717) is 5.56 Å². The van der Waals surface area contributed by atoms with Crippen LogP contribution < -0.4 is 0 Å². The van der Waals surface area contributed by atoms with E-state index in [1.54, 1.807) is 19.1 Å². The van der Waals surface area contributed by atoms with Crippen LogP contribution in [0.4, 0.5) is 0 Å². The predicted octanol–water partition coefficient (Wildman–Crippen LogP) is 3.29. The zero-order valence-electron chi connectivity index (χ0n) is 16.9. The Balaban J connectivity index is 2.29. The highest BCUT2D eigenvalue weighted by molar-refractivity contribution is 6.15. The lowest BCUT2D eigenvalue weighted by Crippen LogP contribution is -2.59. The molecule has 0 aliphatic carbocycles. The van der Waals surface area contributed by atoms with Crippen molar-refractivity contribution in [3.05, 3.63) is 59.7 Å². The number of aliphatic hydroxyl groups is 1. The molecule has 28 heavy (non-hydrogen) atoms. The molecule has 0 saturated carbocycles. The molecule has 0 radical (unpaired) electrons. The molecular formula is C23H27NO4. The summed E-state index contributed by atoms with van der Waals surface area (Å²) in [6.07, 6.45) is 1.06. The van der Waals surface area contributed by atoms with E-state index in [1.807, 2.05) is 24.3 Å². The van der Waals surface area contributed by atoms with Crippen molar-refractivity contribution in [1.29, 1.82) is 0 Å². The summed E-state index contributed by atoms with van der Waals surface area (Å²) in [5.74, 6) is -1.54. The van der Waals surface area contributed by atoms with Gasteiger partial charge in [-0.3, -0.25) is 14.4 Å². The number of hydrogen-bond donors (Lipinski definition) is 1. The van der Waals surface area contributed by atoms with E-state index in [1.165, 1.54) is 19.5 Å². The molecule has 0 aliphatic rings. The minimum atomic E-state index is -1.69. The molecule has 1 atom stereocenters. The van der Waals surface area contributed by atoms with Crippen LogP contribution >= 0.6 is 0 Å². The number of ketones is 2. The maximum Gasteiger partial charge on any atom is 0.254 e. The van der Waals surface area contributed by atoms with E-state index in [4.69, 9.17) is 0 Å². The Morgan fingerprint density at radius 2 is 1.39 bits per heavy atom. The van der Waals surface area contributed by atoms with Crippen LogP contribution in [0.15, 0.2) is 48.5 Å². The van der Waals surface area contributed by atoms with E-state index in [0.717, 1.165) is 22.4 Å². The van der Waals surface area contributed by atoms with Crippen LogP contribution in [-0.2, 0) is 16.0 Å². The number of aliphatic hydroxyl groups excluding tert-OH is 1. The quantitative estimate of drug-likeness (QED) is 0.712. The highest BCUT2D eigenvalue weighted by Gasteiger charge is 2.45. The summed E-state index contributed by atoms with van der Waals surface area (Å²) < 4.78 is 0. The van der Waals surface area contributed by atoms with E-state index < -0.39 is 29.6 Å². The van der Waals surface area contributed by atoms with Crippen molar-refractivity contribution in [3.63, 3.8) is 0 Å². The van der Waals surface area contributed by atoms with Crippen molar-refractivity contribution >= 4 is 17.5 Å². The number of benzene rings is 2. The molecule has 2 rings (SSSR count). The molecule has 0 heterocycles. The van der Waals surface area contributed by atoms with E-state index in [9.17, 15) is 19.5 Å². The first kappa shape index (κ1) is 21.5. The van der Waals surface area contributed by atoms with Crippen LogP contribution in [0.1, 0.15) is 43.1 Å². The third kappa shape index (κ3) is 4.04. The van der Waals surface area contributed by atoms with Crippen molar-refractivity contribution in [3.8, 4) is 11.1 Å². The second-order valence-electron chi connectivity index (χ2n) is 6.92. The number of Topliss-reactive ketones (excluding diaryl/α,β-unsaturated/α-hetero) is 2. The Kier molecular flexibility index (Phi) is 6.86. The number of carbonyl (C=O) groups excluding carboxylic acids is 3. The summed E-state index contributed by atoms with van der Waals surface area (Å²) >= 11 is 0. The molecule has 5 heteroatoms. The number of nitrogens with zero attached hydrogens (tertiary/aromatic N) is 1. The van der Waals surface area contributed by atoms with Gasteiger partial charge in [-0.15, -0.1) is 0 Å². The summed E-state index contributed by atoms with van der Waals surface area (Å²) in [5, 5.41) is 9.28. The van der Waals surface area contributed by atoms with Crippen molar-refractivity contribution in [1.82, 2.24) is 4.90 Å². The van der Waals surface area contributed by atoms with Gasteiger partial charge in [0.05, 0.1) is 0 Å². The molecule has 1 N–H and O–H groups in total. The third-order valence-electron chi connectivity index (χ3n) is 5.35. The molecule has 2 aromatic rings. The van der Waals surface area contributed by atoms with Gasteiger partial charge in [0.1, 0.15) is 6.61 Å². The van der Waals surface area contributed by atoms with Crippen molar-refractivity contribution in [2.45, 2.75) is 39.2 Å². The Hall–Kier alpha value is -2.79. The maximum absolute atomic E-state index is 12.9. The van der Waals surface area contributed by atoms with Crippen LogP contribution in [0.25, 0.3) is 11.1 Å². The number of likely N-dealkylation sites (N-methyl/N-ethyl adjacent to an activating group) is 1. The molecule has 148 valence electrons. The normalized spacial score (nSPS) is 12.9. The first-order chi connectivity index (χ1) is 13.3. The Bertz CT molecular complexity index is 837. The summed E-state index contributed by atoms with van der Waals surface area (Å²) in [4.78, 5) is 38.6. The zero-order valence-corrected chi connectivity index (χ0v) is 16.9. The molecule has 0 spiro atoms. The minimum Gasteiger partial charge on any atom is -0.388 e. The van der Waals surface area contributed by atoms with Crippen molar-refractivity contribution in [2.24, 2.45) is 0 Å². The summed E-state index contributed by atoms with van der Waals surface area (Å²) in [6.45, 7) is 4.32. The smallest absolute Gasteiger partial charge is 0.254 e. The summed E-state index contributed by atoms with van der Waals surface area (Å²) in [6, 6.07) is 15.3. The lowest BCUT2D eigenvalue weighted by molar-refractivity contribution is -0.141. The Morgan fingerprint density at radius 1 is 0.893 bits per heavy atom. The fraction of sp³-hybridized carbons (Fsp3) is 0.348. The van der Waals surface area contributed by atoms with Gasteiger partial charge in [0.25, 0.3) is 5.91 Å². The fourth-order valence-electron chi connectivity index (χ4n) is 3.16. The lowest BCUT2D eigenvalue weighted by Gasteiger charge is -2.35. The molecule has 0 bridgehead atoms. The molecule has 0 unspecified atom stereocenters. The van der Waals surface area contributed by atoms with Crippen molar-refractivity contribution in [2.75, 3.05) is 13.7 Å². The fourth-order valence-corrected chi connectivity index (χ4v) is 3.16. The van der Waals surface area contributed by atoms with Gasteiger partial charge in [0, 0.05) is 19.0 Å². The van der Waals surface area contributed by atoms with Crippen LogP contribution in [0, 0.1) is 0 Å². The van der Waals surface area contributed by atoms with Gasteiger partial charge in [0.15, 0.2) is 17.1 Å². The second kappa shape index (κ2) is 8.93. The molecule has 0 saturated heterocycles. The largest absolute Gasteiger partial charge is 0.388 e. The second-order valence-corrected chi connectivity index (χ2v) is 6.92. The molecule has 5 nitrogen and oxygen atoms in total. The Morgan fingerprint density at radius 3 is 1.82 bits per heavy atom. The SMILES string of the molecule is CCC(=O)[C@@](C)(C(=O)CO)N(C)C(=O)c1ccc(-c2ccc(CC)cc2)cc1. The predicted molar refractivity (Wildman–Crippen MR) is 109 cm³/mol. The van der Waals surface area contributed by atoms with Gasteiger partial charge in [-0.25, -0.2) is 0 Å². The van der Waals surface area contributed by atoms with Crippen molar-refractivity contribution < 1.29 is 19.5 Å². The maximum atomic E-state index is 12.9. The lowest BCUT2D eigenvalue weighted by atomic mass is 9.87. The average Bonchev–Trinajstić information content (AvgIpc) is 2.76. The number of hydrogen-bond acceptors (Lipinski definition) is 4. The molecule has 0 fully saturated rings. The van der Waals surface area contributed by atoms with E-state index in [2.05, 4.69) is 19.1 Å². The van der Waals surface area contributed by atoms with Gasteiger partial charge in [-0.05, 0) is 42.2 Å². The van der Waals surface area contributed by atoms with Gasteiger partial charge < -0.3 is 10.0 Å². The molecular weight excluding hydrogens is 354 g/mol. The van der Waals surface area contributed by atoms with Gasteiger partial charge in [-0.1, -0.05) is 50.2 Å². The monoisotopic (exact) mass is 381 g/mol. The van der Waals surface area contributed by atoms with Crippen LogP contribution in [-0.4, -0.2) is 46.7 Å². The van der Waals surface area contributed by atoms with Gasteiger partial charge in [0.2, 0.25) is 0 Å². The van der Waals surface area contributed by atoms with E-state index in [-0.39, 0.29) is 6.42 Å². The van der Waals surface area contributed by atoms with Crippen LogP contribution in [0.3, 0.4) is 0 Å². The van der Waals surface area contributed by atoms with Gasteiger partial charge >= 0.3 is 0 Å². The van der Waals surface area contributed by atoms with E-state index >= 15 is 0 Å². The Labute approximate surface area is 166 Å². The summed E-state index contributed by atoms with van der Waals surface area (Å²) in [5.41, 5.74) is 1.96.